The fraction of sp³-hybridized carbons (Fsp3) is 0.667. The van der Waals surface area contributed by atoms with Crippen LogP contribution in [0.15, 0.2) is 29.3 Å². The van der Waals surface area contributed by atoms with Gasteiger partial charge in [0.25, 0.3) is 0 Å². The molecule has 8 heteroatoms. The van der Waals surface area contributed by atoms with Crippen LogP contribution in [0.3, 0.4) is 0 Å². The summed E-state index contributed by atoms with van der Waals surface area (Å²) in [5.74, 6) is 0.499. The van der Waals surface area contributed by atoms with Crippen molar-refractivity contribution in [1.29, 1.82) is 0 Å². The molecule has 1 unspecified atom stereocenters. The number of aliphatic imine (C=N–C) groups is 1. The predicted molar refractivity (Wildman–Crippen MR) is 123 cm³/mol. The van der Waals surface area contributed by atoms with E-state index < -0.39 is 0 Å². The van der Waals surface area contributed by atoms with Crippen LogP contribution in [0.4, 0.5) is 4.39 Å². The first-order valence-electron chi connectivity index (χ1n) is 11.9. The molecule has 1 aromatic rings. The van der Waals surface area contributed by atoms with Gasteiger partial charge in [0.2, 0.25) is 5.91 Å². The molecule has 2 aliphatic heterocycles. The number of hydrogen-bond donors (Lipinski definition) is 2. The Kier molecular flexibility index (Phi) is 10.2. The number of rotatable bonds is 9. The largest absolute Gasteiger partial charge is 0.376 e. The van der Waals surface area contributed by atoms with Crippen molar-refractivity contribution in [2.24, 2.45) is 4.99 Å². The third-order valence-corrected chi connectivity index (χ3v) is 5.84. The van der Waals surface area contributed by atoms with Gasteiger partial charge in [-0.15, -0.1) is 0 Å². The molecular formula is C24H37FN4O3. The van der Waals surface area contributed by atoms with Crippen LogP contribution in [0.2, 0.25) is 0 Å². The fourth-order valence-corrected chi connectivity index (χ4v) is 4.05. The third-order valence-electron chi connectivity index (χ3n) is 5.84. The smallest absolute Gasteiger partial charge is 0.224 e. The molecule has 2 N–H and O–H groups in total. The van der Waals surface area contributed by atoms with Crippen molar-refractivity contribution in [3.8, 4) is 0 Å². The number of likely N-dealkylation sites (tertiary alicyclic amines) is 1. The molecule has 0 radical (unpaired) electrons. The summed E-state index contributed by atoms with van der Waals surface area (Å²) in [6.45, 7) is 7.20. The Balaban J connectivity index is 1.35. The highest BCUT2D eigenvalue weighted by Gasteiger charge is 2.23. The first-order valence-corrected chi connectivity index (χ1v) is 11.9. The van der Waals surface area contributed by atoms with Gasteiger partial charge in [-0.3, -0.25) is 9.79 Å². The number of amides is 1. The van der Waals surface area contributed by atoms with Crippen molar-refractivity contribution < 1.29 is 18.7 Å². The van der Waals surface area contributed by atoms with Gasteiger partial charge in [0.05, 0.1) is 31.8 Å². The summed E-state index contributed by atoms with van der Waals surface area (Å²) >= 11 is 0. The number of halogens is 1. The van der Waals surface area contributed by atoms with Gasteiger partial charge in [-0.25, -0.2) is 4.39 Å². The van der Waals surface area contributed by atoms with Gasteiger partial charge < -0.3 is 25.0 Å². The number of benzene rings is 1. The molecule has 2 heterocycles. The van der Waals surface area contributed by atoms with Gasteiger partial charge in [0.1, 0.15) is 5.82 Å². The maximum atomic E-state index is 13.0. The first kappa shape index (κ1) is 24.5. The van der Waals surface area contributed by atoms with Crippen LogP contribution < -0.4 is 10.6 Å². The quantitative estimate of drug-likeness (QED) is 0.345. The standard InChI is InChI=1S/C24H37FN4O3/c1-2-26-24(28-13-12-27-23(30)17-19-6-8-20(25)9-7-19)29-14-10-21(11-15-29)32-18-22-5-3-4-16-31-22/h6-9,21-22H,2-5,10-18H2,1H3,(H,26,28)(H,27,30). The molecule has 32 heavy (non-hydrogen) atoms. The van der Waals surface area contributed by atoms with E-state index >= 15 is 0 Å². The van der Waals surface area contributed by atoms with E-state index in [0.717, 1.165) is 57.0 Å². The minimum atomic E-state index is -0.298. The Morgan fingerprint density at radius 1 is 1.19 bits per heavy atom. The van der Waals surface area contributed by atoms with Crippen LogP contribution in [0.1, 0.15) is 44.6 Å². The van der Waals surface area contributed by atoms with Crippen molar-refractivity contribution >= 4 is 11.9 Å². The summed E-state index contributed by atoms with van der Waals surface area (Å²) in [6, 6.07) is 6.00. The molecule has 1 atom stereocenters. The summed E-state index contributed by atoms with van der Waals surface area (Å²) in [5, 5.41) is 6.23. The highest BCUT2D eigenvalue weighted by atomic mass is 19.1. The highest BCUT2D eigenvalue weighted by molar-refractivity contribution is 5.80. The number of hydrogen-bond acceptors (Lipinski definition) is 4. The second kappa shape index (κ2) is 13.4. The van der Waals surface area contributed by atoms with Crippen molar-refractivity contribution in [3.63, 3.8) is 0 Å². The Morgan fingerprint density at radius 2 is 1.97 bits per heavy atom. The molecule has 1 aromatic carbocycles. The number of piperidine rings is 1. The van der Waals surface area contributed by atoms with Crippen LogP contribution in [0.5, 0.6) is 0 Å². The van der Waals surface area contributed by atoms with E-state index in [1.165, 1.54) is 25.0 Å². The number of ether oxygens (including phenoxy) is 2. The minimum Gasteiger partial charge on any atom is -0.376 e. The van der Waals surface area contributed by atoms with Crippen LogP contribution in [0.25, 0.3) is 0 Å². The monoisotopic (exact) mass is 448 g/mol. The highest BCUT2D eigenvalue weighted by Crippen LogP contribution is 2.18. The number of guanidine groups is 1. The lowest BCUT2D eigenvalue weighted by Crippen LogP contribution is -2.47. The van der Waals surface area contributed by atoms with E-state index in [2.05, 4.69) is 27.4 Å². The topological polar surface area (TPSA) is 75.2 Å². The SMILES string of the molecule is CCNC(=NCCNC(=O)Cc1ccc(F)cc1)N1CCC(OCC2CCCCO2)CC1. The summed E-state index contributed by atoms with van der Waals surface area (Å²) in [6.07, 6.45) is 6.25. The lowest BCUT2D eigenvalue weighted by molar-refractivity contribution is -0.120. The van der Waals surface area contributed by atoms with E-state index in [1.807, 2.05) is 0 Å². The minimum absolute atomic E-state index is 0.0864. The van der Waals surface area contributed by atoms with Gasteiger partial charge in [0.15, 0.2) is 5.96 Å². The van der Waals surface area contributed by atoms with Crippen LogP contribution >= 0.6 is 0 Å². The summed E-state index contributed by atoms with van der Waals surface area (Å²) in [7, 11) is 0. The zero-order valence-corrected chi connectivity index (χ0v) is 19.2. The van der Waals surface area contributed by atoms with Gasteiger partial charge in [-0.05, 0) is 56.7 Å². The molecule has 3 rings (SSSR count). The number of carbonyl (C=O) groups is 1. The van der Waals surface area contributed by atoms with Crippen molar-refractivity contribution in [1.82, 2.24) is 15.5 Å². The number of nitrogens with zero attached hydrogens (tertiary/aromatic N) is 2. The third kappa shape index (κ3) is 8.39. The zero-order chi connectivity index (χ0) is 22.6. The van der Waals surface area contributed by atoms with E-state index in [0.29, 0.717) is 19.7 Å². The summed E-state index contributed by atoms with van der Waals surface area (Å²) in [4.78, 5) is 19.0. The summed E-state index contributed by atoms with van der Waals surface area (Å²) in [5.41, 5.74) is 0.792. The normalized spacial score (nSPS) is 20.2. The molecule has 2 fully saturated rings. The van der Waals surface area contributed by atoms with E-state index in [-0.39, 0.29) is 30.4 Å². The van der Waals surface area contributed by atoms with Crippen molar-refractivity contribution in [3.05, 3.63) is 35.6 Å². The Bertz CT molecular complexity index is 714. The molecule has 178 valence electrons. The molecule has 1 amide bonds. The lowest BCUT2D eigenvalue weighted by Gasteiger charge is -2.35. The molecule has 0 bridgehead atoms. The number of carbonyl (C=O) groups excluding carboxylic acids is 1. The van der Waals surface area contributed by atoms with E-state index in [4.69, 9.17) is 9.47 Å². The van der Waals surface area contributed by atoms with Gasteiger partial charge in [-0.2, -0.15) is 0 Å². The molecule has 0 aromatic heterocycles. The van der Waals surface area contributed by atoms with Gasteiger partial charge >= 0.3 is 0 Å². The maximum absolute atomic E-state index is 13.0. The van der Waals surface area contributed by atoms with E-state index in [1.54, 1.807) is 12.1 Å². The average Bonchev–Trinajstić information content (AvgIpc) is 2.82. The zero-order valence-electron chi connectivity index (χ0n) is 19.2. The molecule has 2 aliphatic rings. The Hall–Kier alpha value is -2.19. The molecular weight excluding hydrogens is 411 g/mol. The van der Waals surface area contributed by atoms with Gasteiger partial charge in [-0.1, -0.05) is 12.1 Å². The van der Waals surface area contributed by atoms with Crippen LogP contribution in [-0.4, -0.2) is 74.9 Å². The van der Waals surface area contributed by atoms with E-state index in [9.17, 15) is 9.18 Å². The average molecular weight is 449 g/mol. The molecule has 2 saturated heterocycles. The Labute approximate surface area is 190 Å². The predicted octanol–water partition coefficient (Wildman–Crippen LogP) is 2.50. The number of nitrogens with one attached hydrogen (secondary N) is 2. The van der Waals surface area contributed by atoms with Crippen molar-refractivity contribution in [2.45, 2.75) is 57.7 Å². The van der Waals surface area contributed by atoms with Gasteiger partial charge in [0, 0.05) is 32.8 Å². The summed E-state index contributed by atoms with van der Waals surface area (Å²) < 4.78 is 24.8. The fourth-order valence-electron chi connectivity index (χ4n) is 4.05. The van der Waals surface area contributed by atoms with Crippen molar-refractivity contribution in [2.75, 3.05) is 45.9 Å². The van der Waals surface area contributed by atoms with Crippen LogP contribution in [-0.2, 0) is 20.7 Å². The molecule has 0 spiro atoms. The second-order valence-corrected chi connectivity index (χ2v) is 8.40. The maximum Gasteiger partial charge on any atom is 0.224 e. The molecule has 0 aliphatic carbocycles. The molecule has 7 nitrogen and oxygen atoms in total. The first-order chi connectivity index (χ1) is 15.6. The van der Waals surface area contributed by atoms with Crippen LogP contribution in [0, 0.1) is 5.82 Å². The Morgan fingerprint density at radius 3 is 2.66 bits per heavy atom. The lowest BCUT2D eigenvalue weighted by atomic mass is 10.1. The molecule has 0 saturated carbocycles. The second-order valence-electron chi connectivity index (χ2n) is 8.40.